The van der Waals surface area contributed by atoms with Crippen LogP contribution < -0.4 is 16.6 Å². The summed E-state index contributed by atoms with van der Waals surface area (Å²) in [6.45, 7) is 8.78. The molecule has 2 N–H and O–H groups in total. The fourth-order valence-corrected chi connectivity index (χ4v) is 4.44. The molecule has 4 rings (SSSR count). The Labute approximate surface area is 169 Å². The number of aromatic nitrogens is 4. The third-order valence-corrected chi connectivity index (χ3v) is 6.35. The van der Waals surface area contributed by atoms with Gasteiger partial charge in [0, 0.05) is 19.6 Å². The Morgan fingerprint density at radius 1 is 1.10 bits per heavy atom. The van der Waals surface area contributed by atoms with Crippen LogP contribution in [-0.4, -0.2) is 32.6 Å². The Morgan fingerprint density at radius 3 is 2.59 bits per heavy atom. The zero-order valence-electron chi connectivity index (χ0n) is 17.5. The van der Waals surface area contributed by atoms with Gasteiger partial charge in [0.05, 0.1) is 11.0 Å². The number of aromatic amines is 1. The van der Waals surface area contributed by atoms with Crippen LogP contribution >= 0.6 is 0 Å². The van der Waals surface area contributed by atoms with E-state index in [2.05, 4.69) is 40.2 Å². The van der Waals surface area contributed by atoms with Crippen molar-refractivity contribution in [2.75, 3.05) is 13.1 Å². The Kier molecular flexibility index (Phi) is 5.25. The number of benzene rings is 1. The Bertz CT molecular complexity index is 1120. The van der Waals surface area contributed by atoms with Crippen molar-refractivity contribution in [3.8, 4) is 11.5 Å². The molecule has 0 atom stereocenters. The van der Waals surface area contributed by atoms with Crippen molar-refractivity contribution in [3.63, 3.8) is 0 Å². The van der Waals surface area contributed by atoms with Crippen LogP contribution in [0, 0.1) is 19.3 Å². The molecule has 0 saturated heterocycles. The minimum atomic E-state index is -0.635. The predicted octanol–water partition coefficient (Wildman–Crippen LogP) is 2.76. The van der Waals surface area contributed by atoms with E-state index in [9.17, 15) is 9.59 Å². The summed E-state index contributed by atoms with van der Waals surface area (Å²) in [4.78, 5) is 35.0. The first-order valence-corrected chi connectivity index (χ1v) is 10.5. The number of aryl methyl sites for hydroxylation is 2. The summed E-state index contributed by atoms with van der Waals surface area (Å²) in [5.41, 5.74) is 3.33. The van der Waals surface area contributed by atoms with E-state index in [-0.39, 0.29) is 5.69 Å². The van der Waals surface area contributed by atoms with Gasteiger partial charge in [-0.2, -0.15) is 4.98 Å². The average Bonchev–Trinajstić information content (AvgIpc) is 2.67. The molecule has 7 heteroatoms. The van der Waals surface area contributed by atoms with Crippen molar-refractivity contribution in [2.24, 2.45) is 5.41 Å². The van der Waals surface area contributed by atoms with Gasteiger partial charge in [0.1, 0.15) is 0 Å². The van der Waals surface area contributed by atoms with Crippen LogP contribution in [0.25, 0.3) is 22.6 Å². The summed E-state index contributed by atoms with van der Waals surface area (Å²) in [6.07, 6.45) is 6.50. The molecule has 1 fully saturated rings. The maximum absolute atomic E-state index is 12.3. The topological polar surface area (TPSA) is 92.7 Å². The molecular formula is C22H29N5O2. The highest BCUT2D eigenvalue weighted by molar-refractivity contribution is 5.81. The molecule has 0 bridgehead atoms. The first-order valence-electron chi connectivity index (χ1n) is 10.5. The van der Waals surface area contributed by atoms with E-state index in [4.69, 9.17) is 0 Å². The van der Waals surface area contributed by atoms with Crippen molar-refractivity contribution in [2.45, 2.75) is 59.4 Å². The lowest BCUT2D eigenvalue weighted by atomic mass is 9.76. The number of hydrogen-bond donors (Lipinski definition) is 2. The third kappa shape index (κ3) is 3.96. The first kappa shape index (κ1) is 19.8. The van der Waals surface area contributed by atoms with Crippen molar-refractivity contribution in [3.05, 3.63) is 44.1 Å². The first-order chi connectivity index (χ1) is 13.9. The Hall–Kier alpha value is -2.54. The highest BCUT2D eigenvalue weighted by Gasteiger charge is 2.26. The van der Waals surface area contributed by atoms with Gasteiger partial charge in [-0.25, -0.2) is 9.78 Å². The van der Waals surface area contributed by atoms with Gasteiger partial charge < -0.3 is 9.88 Å². The SMILES string of the molecule is Cc1cc2nc3c(=O)[nH]c(=O)nc-3n(CCNCC3(C)CCCCC3)c2cc1C. The van der Waals surface area contributed by atoms with Crippen LogP contribution in [0.2, 0.25) is 0 Å². The van der Waals surface area contributed by atoms with Crippen LogP contribution in [0.1, 0.15) is 50.2 Å². The highest BCUT2D eigenvalue weighted by atomic mass is 16.2. The zero-order valence-corrected chi connectivity index (χ0v) is 17.5. The molecule has 0 aromatic heterocycles. The van der Waals surface area contributed by atoms with Crippen molar-refractivity contribution >= 4 is 11.0 Å². The van der Waals surface area contributed by atoms with Gasteiger partial charge in [-0.05, 0) is 55.4 Å². The van der Waals surface area contributed by atoms with Gasteiger partial charge in [-0.15, -0.1) is 0 Å². The van der Waals surface area contributed by atoms with E-state index in [1.807, 2.05) is 17.6 Å². The maximum Gasteiger partial charge on any atom is 0.349 e. The molecular weight excluding hydrogens is 366 g/mol. The zero-order chi connectivity index (χ0) is 20.6. The number of nitrogens with one attached hydrogen (secondary N) is 2. The van der Waals surface area contributed by atoms with E-state index in [0.29, 0.717) is 17.8 Å². The minimum absolute atomic E-state index is 0.208. The smallest absolute Gasteiger partial charge is 0.321 e. The number of H-pyrrole nitrogens is 1. The lowest BCUT2D eigenvalue weighted by Gasteiger charge is -2.34. The van der Waals surface area contributed by atoms with E-state index in [0.717, 1.165) is 35.2 Å². The van der Waals surface area contributed by atoms with E-state index < -0.39 is 11.2 Å². The summed E-state index contributed by atoms with van der Waals surface area (Å²) in [6, 6.07) is 4.05. The largest absolute Gasteiger partial charge is 0.349 e. The molecule has 1 saturated carbocycles. The molecule has 0 unspecified atom stereocenters. The molecule has 154 valence electrons. The second-order valence-electron chi connectivity index (χ2n) is 8.78. The number of nitrogens with zero attached hydrogens (tertiary/aromatic N) is 3. The van der Waals surface area contributed by atoms with Gasteiger partial charge in [-0.3, -0.25) is 9.78 Å². The van der Waals surface area contributed by atoms with Gasteiger partial charge in [0.25, 0.3) is 5.56 Å². The van der Waals surface area contributed by atoms with Crippen molar-refractivity contribution < 1.29 is 0 Å². The fourth-order valence-electron chi connectivity index (χ4n) is 4.44. The van der Waals surface area contributed by atoms with Crippen LogP contribution in [0.4, 0.5) is 0 Å². The monoisotopic (exact) mass is 395 g/mol. The minimum Gasteiger partial charge on any atom is -0.321 e. The number of fused-ring (bicyclic) bond motifs is 2. The molecule has 1 aliphatic carbocycles. The van der Waals surface area contributed by atoms with E-state index in [1.54, 1.807) is 0 Å². The van der Waals surface area contributed by atoms with Gasteiger partial charge in [0.15, 0.2) is 11.5 Å². The summed E-state index contributed by atoms with van der Waals surface area (Å²) in [5.74, 6) is 0.347. The van der Waals surface area contributed by atoms with Crippen LogP contribution in [0.5, 0.6) is 0 Å². The van der Waals surface area contributed by atoms with Crippen molar-refractivity contribution in [1.82, 2.24) is 24.8 Å². The van der Waals surface area contributed by atoms with Gasteiger partial charge in [-0.1, -0.05) is 26.2 Å². The van der Waals surface area contributed by atoms with Gasteiger partial charge >= 0.3 is 5.69 Å². The summed E-state index contributed by atoms with van der Waals surface area (Å²) in [5, 5.41) is 3.60. The van der Waals surface area contributed by atoms with E-state index >= 15 is 0 Å². The molecule has 1 aromatic carbocycles. The molecule has 0 spiro atoms. The molecule has 7 nitrogen and oxygen atoms in total. The molecule has 1 aromatic rings. The summed E-state index contributed by atoms with van der Waals surface area (Å²) < 4.78 is 1.96. The molecule has 3 aliphatic rings. The fraction of sp³-hybridized carbons (Fsp3) is 0.545. The Morgan fingerprint density at radius 2 is 1.83 bits per heavy atom. The quantitative estimate of drug-likeness (QED) is 0.512. The third-order valence-electron chi connectivity index (χ3n) is 6.35. The summed E-state index contributed by atoms with van der Waals surface area (Å²) >= 11 is 0. The lowest BCUT2D eigenvalue weighted by Crippen LogP contribution is -2.36. The molecule has 0 amide bonds. The standard InChI is InChI=1S/C22H29N5O2/c1-14-11-16-17(12-15(14)2)27(19-18(24-16)20(28)26-21(29)25-19)10-9-23-13-22(3)7-5-4-6-8-22/h11-12,23H,4-10,13H2,1-3H3,(H,26,28,29). The second kappa shape index (κ2) is 7.71. The van der Waals surface area contributed by atoms with Crippen LogP contribution in [0.15, 0.2) is 21.7 Å². The number of rotatable bonds is 5. The van der Waals surface area contributed by atoms with Crippen LogP contribution in [-0.2, 0) is 6.54 Å². The maximum atomic E-state index is 12.3. The average molecular weight is 396 g/mol. The highest BCUT2D eigenvalue weighted by Crippen LogP contribution is 2.34. The second-order valence-corrected chi connectivity index (χ2v) is 8.78. The van der Waals surface area contributed by atoms with Gasteiger partial charge in [0.2, 0.25) is 0 Å². The van der Waals surface area contributed by atoms with Crippen molar-refractivity contribution in [1.29, 1.82) is 0 Å². The Balaban J connectivity index is 1.68. The predicted molar refractivity (Wildman–Crippen MR) is 115 cm³/mol. The summed E-state index contributed by atoms with van der Waals surface area (Å²) in [7, 11) is 0. The normalized spacial score (nSPS) is 16.5. The molecule has 29 heavy (non-hydrogen) atoms. The van der Waals surface area contributed by atoms with Crippen LogP contribution in [0.3, 0.4) is 0 Å². The number of hydrogen-bond acceptors (Lipinski definition) is 5. The lowest BCUT2D eigenvalue weighted by molar-refractivity contribution is 0.207. The molecule has 0 radical (unpaired) electrons. The molecule has 2 aliphatic heterocycles. The molecule has 2 heterocycles. The van der Waals surface area contributed by atoms with E-state index in [1.165, 1.54) is 32.1 Å².